The molecular weight excluding hydrogens is 314 g/mol. The number of carbonyl (C=O) groups excluding carboxylic acids is 1. The Morgan fingerprint density at radius 1 is 1.43 bits per heavy atom. The predicted molar refractivity (Wildman–Crippen MR) is 86.5 cm³/mol. The molecule has 1 aliphatic heterocycles. The molecule has 3 rings (SSSR count). The van der Waals surface area contributed by atoms with Crippen LogP contribution in [0.15, 0.2) is 5.38 Å². The van der Waals surface area contributed by atoms with Crippen molar-refractivity contribution in [1.29, 1.82) is 0 Å². The minimum atomic E-state index is -0.0113. The van der Waals surface area contributed by atoms with Gasteiger partial charge < -0.3 is 9.64 Å². The van der Waals surface area contributed by atoms with Crippen LogP contribution in [0.25, 0.3) is 0 Å². The largest absolute Gasteiger partial charge is 0.378 e. The van der Waals surface area contributed by atoms with E-state index < -0.39 is 0 Å². The number of rotatable bonds is 4. The Kier molecular flexibility index (Phi) is 4.72. The monoisotopic (exact) mass is 335 g/mol. The first-order valence-corrected chi connectivity index (χ1v) is 8.59. The minimum absolute atomic E-state index is 0.0113. The number of methoxy groups -OCH3 is 1. The molecule has 0 unspecified atom stereocenters. The Labute approximate surface area is 139 Å². The molecule has 1 saturated heterocycles. The molecule has 0 radical (unpaired) electrons. The van der Waals surface area contributed by atoms with Crippen LogP contribution >= 0.6 is 11.3 Å². The van der Waals surface area contributed by atoms with E-state index in [9.17, 15) is 4.79 Å². The van der Waals surface area contributed by atoms with Crippen LogP contribution in [0.4, 0.5) is 0 Å². The van der Waals surface area contributed by atoms with Gasteiger partial charge in [-0.3, -0.25) is 4.79 Å². The first-order valence-electron chi connectivity index (χ1n) is 7.71. The standard InChI is InChI=1S/C15H21N5O2S/c1-10-16-11(2)20(18-10)12-5-4-6-19(7-12)15(21)13-9-23-14(17-13)8-22-3/h9,12H,4-8H2,1-3H3/t12-/m1/s1. The van der Waals surface area contributed by atoms with Crippen LogP contribution in [-0.2, 0) is 11.3 Å². The molecule has 3 heterocycles. The van der Waals surface area contributed by atoms with Crippen molar-refractivity contribution in [1.82, 2.24) is 24.6 Å². The molecule has 7 nitrogen and oxygen atoms in total. The first kappa shape index (κ1) is 16.1. The molecule has 124 valence electrons. The number of likely N-dealkylation sites (tertiary alicyclic amines) is 1. The van der Waals surface area contributed by atoms with Crippen LogP contribution in [0.5, 0.6) is 0 Å². The number of hydrogen-bond acceptors (Lipinski definition) is 6. The lowest BCUT2D eigenvalue weighted by Gasteiger charge is -2.32. The fourth-order valence-electron chi connectivity index (χ4n) is 2.98. The Morgan fingerprint density at radius 3 is 2.96 bits per heavy atom. The topological polar surface area (TPSA) is 73.1 Å². The molecule has 0 saturated carbocycles. The van der Waals surface area contributed by atoms with Crippen molar-refractivity contribution in [2.75, 3.05) is 20.2 Å². The predicted octanol–water partition coefficient (Wildman–Crippen LogP) is 1.98. The van der Waals surface area contributed by atoms with Crippen molar-refractivity contribution in [3.05, 3.63) is 27.7 Å². The van der Waals surface area contributed by atoms with Crippen LogP contribution in [-0.4, -0.2) is 50.8 Å². The zero-order valence-electron chi connectivity index (χ0n) is 13.7. The Balaban J connectivity index is 1.72. The third-order valence-corrected chi connectivity index (χ3v) is 4.80. The van der Waals surface area contributed by atoms with Crippen molar-refractivity contribution in [3.63, 3.8) is 0 Å². The maximum Gasteiger partial charge on any atom is 0.273 e. The van der Waals surface area contributed by atoms with Gasteiger partial charge in [0.05, 0.1) is 12.6 Å². The summed E-state index contributed by atoms with van der Waals surface area (Å²) in [7, 11) is 1.63. The second-order valence-electron chi connectivity index (χ2n) is 5.76. The number of aryl methyl sites for hydroxylation is 2. The molecule has 1 fully saturated rings. The molecule has 0 aliphatic carbocycles. The smallest absolute Gasteiger partial charge is 0.273 e. The van der Waals surface area contributed by atoms with Crippen molar-refractivity contribution in [3.8, 4) is 0 Å². The Bertz CT molecular complexity index is 696. The van der Waals surface area contributed by atoms with Gasteiger partial charge in [0.25, 0.3) is 5.91 Å². The van der Waals surface area contributed by atoms with E-state index in [-0.39, 0.29) is 11.9 Å². The number of aromatic nitrogens is 4. The number of piperidine rings is 1. The highest BCUT2D eigenvalue weighted by molar-refractivity contribution is 7.09. The quantitative estimate of drug-likeness (QED) is 0.854. The molecule has 0 bridgehead atoms. The van der Waals surface area contributed by atoms with Crippen LogP contribution < -0.4 is 0 Å². The van der Waals surface area contributed by atoms with Crippen molar-refractivity contribution >= 4 is 17.2 Å². The maximum atomic E-state index is 12.7. The number of ether oxygens (including phenoxy) is 1. The molecule has 1 atom stereocenters. The van der Waals surface area contributed by atoms with Crippen molar-refractivity contribution in [2.24, 2.45) is 0 Å². The SMILES string of the molecule is COCc1nc(C(=O)N2CCC[C@@H](n3nc(C)nc3C)C2)cs1. The fourth-order valence-corrected chi connectivity index (χ4v) is 3.72. The average molecular weight is 335 g/mol. The van der Waals surface area contributed by atoms with E-state index in [1.54, 1.807) is 7.11 Å². The van der Waals surface area contributed by atoms with Crippen LogP contribution in [0, 0.1) is 13.8 Å². The van der Waals surface area contributed by atoms with E-state index in [0.29, 0.717) is 18.8 Å². The van der Waals surface area contributed by atoms with Crippen LogP contribution in [0.2, 0.25) is 0 Å². The van der Waals surface area contributed by atoms with E-state index in [2.05, 4.69) is 15.1 Å². The summed E-state index contributed by atoms with van der Waals surface area (Å²) in [4.78, 5) is 23.3. The van der Waals surface area contributed by atoms with Gasteiger partial charge in [-0.1, -0.05) is 0 Å². The van der Waals surface area contributed by atoms with Gasteiger partial charge in [-0.05, 0) is 26.7 Å². The summed E-state index contributed by atoms with van der Waals surface area (Å²) in [5.74, 6) is 1.66. The minimum Gasteiger partial charge on any atom is -0.378 e. The van der Waals surface area contributed by atoms with Gasteiger partial charge in [0.15, 0.2) is 0 Å². The molecular formula is C15H21N5O2S. The van der Waals surface area contributed by atoms with Gasteiger partial charge in [0, 0.05) is 25.6 Å². The lowest BCUT2D eigenvalue weighted by Crippen LogP contribution is -2.41. The van der Waals surface area contributed by atoms with Gasteiger partial charge in [-0.25, -0.2) is 14.6 Å². The molecule has 0 aromatic carbocycles. The highest BCUT2D eigenvalue weighted by Gasteiger charge is 2.28. The lowest BCUT2D eigenvalue weighted by molar-refractivity contribution is 0.0665. The van der Waals surface area contributed by atoms with Crippen LogP contribution in [0.1, 0.15) is 46.0 Å². The number of amides is 1. The molecule has 1 aliphatic rings. The zero-order valence-corrected chi connectivity index (χ0v) is 14.5. The maximum absolute atomic E-state index is 12.7. The van der Waals surface area contributed by atoms with Gasteiger partial charge in [-0.2, -0.15) is 5.10 Å². The van der Waals surface area contributed by atoms with Crippen LogP contribution in [0.3, 0.4) is 0 Å². The van der Waals surface area contributed by atoms with Crippen molar-refractivity contribution in [2.45, 2.75) is 39.3 Å². The van der Waals surface area contributed by atoms with Gasteiger partial charge in [0.1, 0.15) is 22.4 Å². The third kappa shape index (κ3) is 3.42. The molecule has 2 aromatic rings. The van der Waals surface area contributed by atoms with Gasteiger partial charge >= 0.3 is 0 Å². The molecule has 1 amide bonds. The summed E-state index contributed by atoms with van der Waals surface area (Å²) in [6.07, 6.45) is 1.98. The summed E-state index contributed by atoms with van der Waals surface area (Å²) >= 11 is 1.46. The number of carbonyl (C=O) groups is 1. The second kappa shape index (κ2) is 6.76. The normalized spacial score (nSPS) is 18.4. The molecule has 8 heteroatoms. The van der Waals surface area contributed by atoms with E-state index in [4.69, 9.17) is 4.74 Å². The van der Waals surface area contributed by atoms with Gasteiger partial charge in [-0.15, -0.1) is 11.3 Å². The van der Waals surface area contributed by atoms with Gasteiger partial charge in [0.2, 0.25) is 0 Å². The summed E-state index contributed by atoms with van der Waals surface area (Å²) in [5, 5.41) is 7.10. The zero-order chi connectivity index (χ0) is 16.4. The number of hydrogen-bond donors (Lipinski definition) is 0. The molecule has 0 N–H and O–H groups in total. The number of thiazole rings is 1. The summed E-state index contributed by atoms with van der Waals surface area (Å²) in [6.45, 7) is 5.71. The van der Waals surface area contributed by atoms with Crippen molar-refractivity contribution < 1.29 is 9.53 Å². The lowest BCUT2D eigenvalue weighted by atomic mass is 10.1. The first-order chi connectivity index (χ1) is 11.1. The molecule has 23 heavy (non-hydrogen) atoms. The fraction of sp³-hybridized carbons (Fsp3) is 0.600. The van der Waals surface area contributed by atoms with E-state index in [1.807, 2.05) is 28.8 Å². The second-order valence-corrected chi connectivity index (χ2v) is 6.70. The van der Waals surface area contributed by atoms with E-state index >= 15 is 0 Å². The highest BCUT2D eigenvalue weighted by atomic mass is 32.1. The Morgan fingerprint density at radius 2 is 2.26 bits per heavy atom. The summed E-state index contributed by atoms with van der Waals surface area (Å²) < 4.78 is 7.01. The molecule has 2 aromatic heterocycles. The average Bonchev–Trinajstić information content (AvgIpc) is 3.13. The van der Waals surface area contributed by atoms with E-state index in [0.717, 1.165) is 36.0 Å². The number of nitrogens with zero attached hydrogens (tertiary/aromatic N) is 5. The third-order valence-electron chi connectivity index (χ3n) is 3.98. The summed E-state index contributed by atoms with van der Waals surface area (Å²) in [6, 6.07) is 0.186. The highest BCUT2D eigenvalue weighted by Crippen LogP contribution is 2.24. The Hall–Kier alpha value is -1.80. The summed E-state index contributed by atoms with van der Waals surface area (Å²) in [5.41, 5.74) is 0.509. The van der Waals surface area contributed by atoms with E-state index in [1.165, 1.54) is 11.3 Å². The molecule has 0 spiro atoms.